The first kappa shape index (κ1) is 21.8. The fourth-order valence-electron chi connectivity index (χ4n) is 3.43. The molecule has 1 aliphatic rings. The van der Waals surface area contributed by atoms with E-state index in [4.69, 9.17) is 11.6 Å². The number of sulfonamides is 1. The lowest BCUT2D eigenvalue weighted by Gasteiger charge is -2.36. The number of aryl methyl sites for hydroxylation is 1. The zero-order valence-corrected chi connectivity index (χ0v) is 18.2. The van der Waals surface area contributed by atoms with Crippen LogP contribution in [0.25, 0.3) is 0 Å². The van der Waals surface area contributed by atoms with Crippen LogP contribution >= 0.6 is 11.6 Å². The van der Waals surface area contributed by atoms with Gasteiger partial charge in [-0.15, -0.1) is 0 Å². The third kappa shape index (κ3) is 5.79. The van der Waals surface area contributed by atoms with Gasteiger partial charge in [0.05, 0.1) is 10.9 Å². The molecule has 6 nitrogen and oxygen atoms in total. The molecule has 29 heavy (non-hydrogen) atoms. The lowest BCUT2D eigenvalue weighted by atomic mass is 10.1. The maximum Gasteiger partial charge on any atom is 0.241 e. The van der Waals surface area contributed by atoms with Crippen molar-refractivity contribution in [2.75, 3.05) is 26.2 Å². The van der Waals surface area contributed by atoms with Gasteiger partial charge in [0.15, 0.2) is 0 Å². The first-order valence-electron chi connectivity index (χ1n) is 9.59. The number of piperazine rings is 1. The molecule has 1 saturated heterocycles. The van der Waals surface area contributed by atoms with Crippen LogP contribution in [-0.2, 0) is 21.4 Å². The second-order valence-electron chi connectivity index (χ2n) is 7.39. The van der Waals surface area contributed by atoms with Crippen LogP contribution in [-0.4, -0.2) is 56.3 Å². The molecule has 2 aromatic rings. The van der Waals surface area contributed by atoms with Gasteiger partial charge in [-0.3, -0.25) is 9.69 Å². The molecule has 0 aromatic heterocycles. The Morgan fingerprint density at radius 2 is 1.76 bits per heavy atom. The number of nitrogens with one attached hydrogen (secondary N) is 1. The first-order chi connectivity index (χ1) is 13.7. The predicted molar refractivity (Wildman–Crippen MR) is 114 cm³/mol. The average molecular weight is 436 g/mol. The van der Waals surface area contributed by atoms with Gasteiger partial charge in [-0.25, -0.2) is 8.42 Å². The fourth-order valence-corrected chi connectivity index (χ4v) is 4.76. The van der Waals surface area contributed by atoms with Crippen molar-refractivity contribution in [3.05, 3.63) is 64.7 Å². The molecule has 1 atom stereocenters. The van der Waals surface area contributed by atoms with Crippen molar-refractivity contribution in [3.8, 4) is 0 Å². The molecule has 1 N–H and O–H groups in total. The smallest absolute Gasteiger partial charge is 0.241 e. The molecule has 1 amide bonds. The van der Waals surface area contributed by atoms with Crippen LogP contribution in [0, 0.1) is 6.92 Å². The van der Waals surface area contributed by atoms with Crippen molar-refractivity contribution >= 4 is 27.5 Å². The van der Waals surface area contributed by atoms with Crippen molar-refractivity contribution in [2.24, 2.45) is 0 Å². The number of halogens is 1. The Kier molecular flexibility index (Phi) is 6.95. The second-order valence-corrected chi connectivity index (χ2v) is 9.54. The Bertz CT molecular complexity index is 955. The molecule has 0 radical (unpaired) electrons. The predicted octanol–water partition coefficient (Wildman–Crippen LogP) is 2.66. The molecule has 0 aliphatic carbocycles. The molecule has 3 rings (SSSR count). The number of benzene rings is 2. The third-order valence-electron chi connectivity index (χ3n) is 5.00. The van der Waals surface area contributed by atoms with Gasteiger partial charge < -0.3 is 4.90 Å². The Hall–Kier alpha value is -1.93. The van der Waals surface area contributed by atoms with Crippen molar-refractivity contribution in [1.29, 1.82) is 0 Å². The number of carbonyl (C=O) groups excluding carboxylic acids is 1. The SMILES string of the molecule is Cc1cccc(CN2CCN(C(=O)[C@H](C)NS(=O)(=O)c3ccc(Cl)cc3)CC2)c1. The number of nitrogens with zero attached hydrogens (tertiary/aromatic N) is 2. The topological polar surface area (TPSA) is 69.7 Å². The van der Waals surface area contributed by atoms with E-state index in [2.05, 4.69) is 40.8 Å². The minimum Gasteiger partial charge on any atom is -0.339 e. The van der Waals surface area contributed by atoms with Crippen molar-refractivity contribution in [1.82, 2.24) is 14.5 Å². The van der Waals surface area contributed by atoms with Gasteiger partial charge in [0.25, 0.3) is 0 Å². The molecule has 0 saturated carbocycles. The van der Waals surface area contributed by atoms with Crippen LogP contribution in [0.15, 0.2) is 53.4 Å². The minimum absolute atomic E-state index is 0.0875. The van der Waals surface area contributed by atoms with E-state index < -0.39 is 16.1 Å². The number of amides is 1. The average Bonchev–Trinajstić information content (AvgIpc) is 2.68. The minimum atomic E-state index is -3.78. The number of carbonyl (C=O) groups is 1. The molecule has 156 valence electrons. The zero-order valence-electron chi connectivity index (χ0n) is 16.6. The Morgan fingerprint density at radius 1 is 1.10 bits per heavy atom. The molecule has 2 aromatic carbocycles. The Labute approximate surface area is 177 Å². The zero-order chi connectivity index (χ0) is 21.0. The maximum absolute atomic E-state index is 12.7. The number of hydrogen-bond acceptors (Lipinski definition) is 4. The highest BCUT2D eigenvalue weighted by atomic mass is 35.5. The summed E-state index contributed by atoms with van der Waals surface area (Å²) in [5, 5.41) is 0.455. The molecular weight excluding hydrogens is 410 g/mol. The highest BCUT2D eigenvalue weighted by Gasteiger charge is 2.28. The molecule has 1 heterocycles. The van der Waals surface area contributed by atoms with Crippen LogP contribution in [0.3, 0.4) is 0 Å². The van der Waals surface area contributed by atoms with Crippen LogP contribution in [0.1, 0.15) is 18.1 Å². The summed E-state index contributed by atoms with van der Waals surface area (Å²) >= 11 is 5.81. The third-order valence-corrected chi connectivity index (χ3v) is 6.81. The van der Waals surface area contributed by atoms with Gasteiger partial charge in [-0.2, -0.15) is 4.72 Å². The summed E-state index contributed by atoms with van der Waals surface area (Å²) in [5.41, 5.74) is 2.49. The highest BCUT2D eigenvalue weighted by molar-refractivity contribution is 7.89. The van der Waals surface area contributed by atoms with E-state index in [9.17, 15) is 13.2 Å². The van der Waals surface area contributed by atoms with Crippen LogP contribution in [0.5, 0.6) is 0 Å². The summed E-state index contributed by atoms with van der Waals surface area (Å²) < 4.78 is 27.5. The van der Waals surface area contributed by atoms with Gasteiger partial charge in [-0.05, 0) is 43.7 Å². The summed E-state index contributed by atoms with van der Waals surface area (Å²) in [6.07, 6.45) is 0. The molecule has 8 heteroatoms. The molecular formula is C21H26ClN3O3S. The van der Waals surface area contributed by atoms with Gasteiger partial charge in [0.2, 0.25) is 15.9 Å². The summed E-state index contributed by atoms with van der Waals surface area (Å²) in [7, 11) is -3.78. The summed E-state index contributed by atoms with van der Waals surface area (Å²) in [6.45, 7) is 7.19. The summed E-state index contributed by atoms with van der Waals surface area (Å²) in [5.74, 6) is -0.210. The van der Waals surface area contributed by atoms with E-state index in [1.165, 1.54) is 35.4 Å². The van der Waals surface area contributed by atoms with Crippen molar-refractivity contribution in [3.63, 3.8) is 0 Å². The maximum atomic E-state index is 12.7. The van der Waals surface area contributed by atoms with E-state index in [1.54, 1.807) is 11.8 Å². The molecule has 0 spiro atoms. The van der Waals surface area contributed by atoms with Gasteiger partial charge in [0.1, 0.15) is 0 Å². The number of hydrogen-bond donors (Lipinski definition) is 1. The highest BCUT2D eigenvalue weighted by Crippen LogP contribution is 2.15. The largest absolute Gasteiger partial charge is 0.339 e. The lowest BCUT2D eigenvalue weighted by Crippen LogP contribution is -2.53. The monoisotopic (exact) mass is 435 g/mol. The molecule has 0 unspecified atom stereocenters. The number of rotatable bonds is 6. The van der Waals surface area contributed by atoms with E-state index in [0.29, 0.717) is 18.1 Å². The van der Waals surface area contributed by atoms with E-state index in [0.717, 1.165) is 19.6 Å². The quantitative estimate of drug-likeness (QED) is 0.757. The van der Waals surface area contributed by atoms with E-state index in [1.807, 2.05) is 0 Å². The standard InChI is InChI=1S/C21H26ClN3O3S/c1-16-4-3-5-18(14-16)15-24-10-12-25(13-11-24)21(26)17(2)23-29(27,28)20-8-6-19(22)7-9-20/h3-9,14,17,23H,10-13,15H2,1-2H3/t17-/m0/s1. The fraction of sp³-hybridized carbons (Fsp3) is 0.381. The van der Waals surface area contributed by atoms with Crippen molar-refractivity contribution < 1.29 is 13.2 Å². The molecule has 0 bridgehead atoms. The van der Waals surface area contributed by atoms with Crippen LogP contribution < -0.4 is 4.72 Å². The van der Waals surface area contributed by atoms with Gasteiger partial charge in [0, 0.05) is 37.7 Å². The summed E-state index contributed by atoms with van der Waals surface area (Å²) in [6, 6.07) is 13.4. The van der Waals surface area contributed by atoms with E-state index >= 15 is 0 Å². The first-order valence-corrected chi connectivity index (χ1v) is 11.5. The Morgan fingerprint density at radius 3 is 2.38 bits per heavy atom. The second kappa shape index (κ2) is 9.26. The van der Waals surface area contributed by atoms with Gasteiger partial charge >= 0.3 is 0 Å². The normalized spacial score (nSPS) is 16.6. The van der Waals surface area contributed by atoms with E-state index in [-0.39, 0.29) is 10.8 Å². The Balaban J connectivity index is 1.53. The lowest BCUT2D eigenvalue weighted by molar-refractivity contribution is -0.134. The van der Waals surface area contributed by atoms with Crippen LogP contribution in [0.4, 0.5) is 0 Å². The molecule has 1 aliphatic heterocycles. The van der Waals surface area contributed by atoms with Crippen LogP contribution in [0.2, 0.25) is 5.02 Å². The van der Waals surface area contributed by atoms with Gasteiger partial charge in [-0.1, -0.05) is 41.4 Å². The summed E-state index contributed by atoms with van der Waals surface area (Å²) in [4.78, 5) is 16.8. The van der Waals surface area contributed by atoms with Crippen molar-refractivity contribution in [2.45, 2.75) is 31.3 Å². The molecule has 1 fully saturated rings.